The fraction of sp³-hybridized carbons (Fsp3) is 0.412. The summed E-state index contributed by atoms with van der Waals surface area (Å²) in [5.74, 6) is 1.34. The first kappa shape index (κ1) is 14.6. The van der Waals surface area contributed by atoms with Gasteiger partial charge < -0.3 is 14.2 Å². The molecule has 0 N–H and O–H groups in total. The molecule has 5 nitrogen and oxygen atoms in total. The minimum absolute atomic E-state index is 0.244. The summed E-state index contributed by atoms with van der Waals surface area (Å²) < 4.78 is 16.3. The van der Waals surface area contributed by atoms with Gasteiger partial charge in [-0.2, -0.15) is 0 Å². The first-order valence-electron chi connectivity index (χ1n) is 7.49. The second kappa shape index (κ2) is 6.22. The van der Waals surface area contributed by atoms with Crippen molar-refractivity contribution in [2.24, 2.45) is 4.99 Å². The van der Waals surface area contributed by atoms with E-state index in [1.54, 1.807) is 20.1 Å². The van der Waals surface area contributed by atoms with Crippen molar-refractivity contribution >= 4 is 17.9 Å². The number of carbonyl (C=O) groups excluding carboxylic acids is 1. The average Bonchev–Trinajstić information content (AvgIpc) is 3.10. The number of hydrogen-bond donors (Lipinski definition) is 0. The van der Waals surface area contributed by atoms with Gasteiger partial charge >= 0.3 is 5.97 Å². The van der Waals surface area contributed by atoms with Crippen LogP contribution >= 0.6 is 0 Å². The predicted molar refractivity (Wildman–Crippen MR) is 83.1 cm³/mol. The topological polar surface area (TPSA) is 57.1 Å². The van der Waals surface area contributed by atoms with Crippen molar-refractivity contribution in [3.8, 4) is 11.5 Å². The highest BCUT2D eigenvalue weighted by Gasteiger charge is 2.21. The maximum atomic E-state index is 11.6. The van der Waals surface area contributed by atoms with E-state index >= 15 is 0 Å². The van der Waals surface area contributed by atoms with Crippen molar-refractivity contribution in [3.63, 3.8) is 0 Å². The number of hydrogen-bond acceptors (Lipinski definition) is 5. The summed E-state index contributed by atoms with van der Waals surface area (Å²) in [7, 11) is 1.62. The first-order valence-corrected chi connectivity index (χ1v) is 7.49. The van der Waals surface area contributed by atoms with Crippen molar-refractivity contribution in [2.75, 3.05) is 7.11 Å². The summed E-state index contributed by atoms with van der Waals surface area (Å²) in [4.78, 5) is 15.7. The van der Waals surface area contributed by atoms with Crippen molar-refractivity contribution < 1.29 is 19.0 Å². The molecular formula is C17H19NO4. The third-order valence-corrected chi connectivity index (χ3v) is 3.81. The van der Waals surface area contributed by atoms with Crippen LogP contribution in [0, 0.1) is 0 Å². The van der Waals surface area contributed by atoms with E-state index in [9.17, 15) is 4.79 Å². The van der Waals surface area contributed by atoms with E-state index in [0.717, 1.165) is 18.4 Å². The van der Waals surface area contributed by atoms with E-state index in [1.165, 1.54) is 12.8 Å². The van der Waals surface area contributed by atoms with E-state index in [4.69, 9.17) is 14.2 Å². The van der Waals surface area contributed by atoms with Crippen LogP contribution in [-0.4, -0.2) is 25.1 Å². The monoisotopic (exact) mass is 301 g/mol. The lowest BCUT2D eigenvalue weighted by molar-refractivity contribution is -0.130. The molecule has 5 heteroatoms. The number of benzene rings is 1. The fourth-order valence-electron chi connectivity index (χ4n) is 2.73. The Morgan fingerprint density at radius 3 is 2.68 bits per heavy atom. The molecule has 0 aromatic heterocycles. The number of rotatable bonds is 4. The Kier molecular flexibility index (Phi) is 4.13. The molecular weight excluding hydrogens is 282 g/mol. The molecule has 0 spiro atoms. The zero-order valence-electron chi connectivity index (χ0n) is 12.8. The highest BCUT2D eigenvalue weighted by atomic mass is 16.6. The van der Waals surface area contributed by atoms with Crippen LogP contribution in [0.5, 0.6) is 11.5 Å². The maximum Gasteiger partial charge on any atom is 0.363 e. The van der Waals surface area contributed by atoms with Gasteiger partial charge in [-0.15, -0.1) is 0 Å². The SMILES string of the molecule is COc1ccc(C=C2N=C(C)OC2=O)cc1OC1CCCC1. The lowest BCUT2D eigenvalue weighted by Crippen LogP contribution is -2.11. The summed E-state index contributed by atoms with van der Waals surface area (Å²) in [6, 6.07) is 5.58. The Morgan fingerprint density at radius 2 is 2.05 bits per heavy atom. The number of aliphatic imine (C=N–C) groups is 1. The van der Waals surface area contributed by atoms with Gasteiger partial charge in [-0.3, -0.25) is 0 Å². The summed E-state index contributed by atoms with van der Waals surface area (Å²) in [6.07, 6.45) is 6.50. The molecule has 22 heavy (non-hydrogen) atoms. The molecule has 0 radical (unpaired) electrons. The van der Waals surface area contributed by atoms with Gasteiger partial charge in [-0.05, 0) is 49.5 Å². The van der Waals surface area contributed by atoms with Gasteiger partial charge in [0, 0.05) is 6.92 Å². The van der Waals surface area contributed by atoms with Crippen LogP contribution in [0.1, 0.15) is 38.2 Å². The third kappa shape index (κ3) is 3.13. The van der Waals surface area contributed by atoms with Crippen molar-refractivity contribution in [2.45, 2.75) is 38.7 Å². The van der Waals surface area contributed by atoms with Crippen LogP contribution in [0.4, 0.5) is 0 Å². The second-order valence-corrected chi connectivity index (χ2v) is 5.48. The standard InChI is InChI=1S/C17H19NO4/c1-11-18-14(17(19)21-11)9-12-7-8-15(20-2)16(10-12)22-13-5-3-4-6-13/h7-10,13H,3-6H2,1-2H3. The van der Waals surface area contributed by atoms with Gasteiger partial charge in [0.25, 0.3) is 0 Å². The van der Waals surface area contributed by atoms with E-state index < -0.39 is 5.97 Å². The minimum Gasteiger partial charge on any atom is -0.493 e. The predicted octanol–water partition coefficient (Wildman–Crippen LogP) is 3.33. The minimum atomic E-state index is -0.424. The number of nitrogens with zero attached hydrogens (tertiary/aromatic N) is 1. The molecule has 1 heterocycles. The van der Waals surface area contributed by atoms with Crippen LogP contribution in [0.2, 0.25) is 0 Å². The molecule has 1 aromatic rings. The van der Waals surface area contributed by atoms with Crippen molar-refractivity contribution in [1.82, 2.24) is 0 Å². The lowest BCUT2D eigenvalue weighted by atomic mass is 10.1. The molecule has 1 aromatic carbocycles. The molecule has 1 saturated carbocycles. The molecule has 116 valence electrons. The Hall–Kier alpha value is -2.30. The van der Waals surface area contributed by atoms with Gasteiger partial charge in [-0.25, -0.2) is 9.79 Å². The largest absolute Gasteiger partial charge is 0.493 e. The van der Waals surface area contributed by atoms with Gasteiger partial charge in [0.2, 0.25) is 0 Å². The highest BCUT2D eigenvalue weighted by Crippen LogP contribution is 2.33. The maximum absolute atomic E-state index is 11.6. The van der Waals surface area contributed by atoms with Gasteiger partial charge in [0.15, 0.2) is 23.1 Å². The molecule has 0 atom stereocenters. The Labute approximate surface area is 129 Å². The van der Waals surface area contributed by atoms with Gasteiger partial charge in [-0.1, -0.05) is 6.07 Å². The second-order valence-electron chi connectivity index (χ2n) is 5.48. The number of esters is 1. The van der Waals surface area contributed by atoms with E-state index in [1.807, 2.05) is 18.2 Å². The summed E-state index contributed by atoms with van der Waals surface area (Å²) in [5.41, 5.74) is 1.13. The first-order chi connectivity index (χ1) is 10.7. The summed E-state index contributed by atoms with van der Waals surface area (Å²) in [5, 5.41) is 0. The van der Waals surface area contributed by atoms with Crippen LogP contribution in [0.25, 0.3) is 6.08 Å². The van der Waals surface area contributed by atoms with Gasteiger partial charge in [0.05, 0.1) is 13.2 Å². The number of cyclic esters (lactones) is 1. The summed E-state index contributed by atoms with van der Waals surface area (Å²) in [6.45, 7) is 1.65. The summed E-state index contributed by atoms with van der Waals surface area (Å²) >= 11 is 0. The molecule has 0 unspecified atom stereocenters. The molecule has 1 fully saturated rings. The molecule has 0 amide bonds. The van der Waals surface area contributed by atoms with E-state index in [0.29, 0.717) is 23.1 Å². The highest BCUT2D eigenvalue weighted by molar-refractivity contribution is 6.06. The van der Waals surface area contributed by atoms with Crippen LogP contribution in [-0.2, 0) is 9.53 Å². The van der Waals surface area contributed by atoms with Crippen molar-refractivity contribution in [3.05, 3.63) is 29.5 Å². The van der Waals surface area contributed by atoms with E-state index in [2.05, 4.69) is 4.99 Å². The molecule has 0 bridgehead atoms. The molecule has 2 aliphatic rings. The van der Waals surface area contributed by atoms with Gasteiger partial charge in [0.1, 0.15) is 0 Å². The third-order valence-electron chi connectivity index (χ3n) is 3.81. The smallest absolute Gasteiger partial charge is 0.363 e. The average molecular weight is 301 g/mol. The lowest BCUT2D eigenvalue weighted by Gasteiger charge is -2.16. The normalized spacial score (nSPS) is 20.2. The molecule has 0 saturated heterocycles. The van der Waals surface area contributed by atoms with Crippen LogP contribution < -0.4 is 9.47 Å². The zero-order chi connectivity index (χ0) is 15.5. The van der Waals surface area contributed by atoms with Crippen LogP contribution in [0.15, 0.2) is 28.9 Å². The molecule has 1 aliphatic heterocycles. The number of ether oxygens (including phenoxy) is 3. The molecule has 3 rings (SSSR count). The number of methoxy groups -OCH3 is 1. The van der Waals surface area contributed by atoms with E-state index in [-0.39, 0.29) is 6.10 Å². The van der Waals surface area contributed by atoms with Crippen LogP contribution in [0.3, 0.4) is 0 Å². The zero-order valence-corrected chi connectivity index (χ0v) is 12.8. The van der Waals surface area contributed by atoms with Crippen molar-refractivity contribution in [1.29, 1.82) is 0 Å². The fourth-order valence-corrected chi connectivity index (χ4v) is 2.73. The Morgan fingerprint density at radius 1 is 1.27 bits per heavy atom. The number of carbonyl (C=O) groups is 1. The Balaban J connectivity index is 1.86. The Bertz CT molecular complexity index is 642. The molecule has 1 aliphatic carbocycles. The quantitative estimate of drug-likeness (QED) is 0.632.